The van der Waals surface area contributed by atoms with Crippen LogP contribution in [0.25, 0.3) is 0 Å². The molecule has 106 valence electrons. The minimum Gasteiger partial charge on any atom is -0.380 e. The maximum atomic E-state index is 12.9. The van der Waals surface area contributed by atoms with E-state index in [0.29, 0.717) is 15.7 Å². The van der Waals surface area contributed by atoms with Gasteiger partial charge in [-0.1, -0.05) is 12.1 Å². The lowest BCUT2D eigenvalue weighted by Crippen LogP contribution is -2.07. The van der Waals surface area contributed by atoms with E-state index in [0.717, 1.165) is 12.1 Å². The predicted octanol–water partition coefficient (Wildman–Crippen LogP) is 5.22. The maximum Gasteiger partial charge on any atom is 0.416 e. The van der Waals surface area contributed by atoms with Gasteiger partial charge in [0.25, 0.3) is 0 Å². The number of rotatable bonds is 3. The molecule has 6 heteroatoms. The van der Waals surface area contributed by atoms with Crippen LogP contribution in [0, 0.1) is 5.82 Å². The molecule has 0 amide bonds. The topological polar surface area (TPSA) is 12.0 Å². The van der Waals surface area contributed by atoms with Gasteiger partial charge in [0.2, 0.25) is 0 Å². The highest BCUT2D eigenvalue weighted by atomic mass is 79.9. The zero-order chi connectivity index (χ0) is 14.8. The fourth-order valence-electron chi connectivity index (χ4n) is 1.69. The van der Waals surface area contributed by atoms with E-state index in [9.17, 15) is 17.6 Å². The molecule has 0 saturated heterocycles. The van der Waals surface area contributed by atoms with E-state index >= 15 is 0 Å². The van der Waals surface area contributed by atoms with E-state index in [1.165, 1.54) is 24.3 Å². The summed E-state index contributed by atoms with van der Waals surface area (Å²) < 4.78 is 51.1. The zero-order valence-corrected chi connectivity index (χ0v) is 11.7. The highest BCUT2D eigenvalue weighted by Gasteiger charge is 2.30. The molecule has 0 fully saturated rings. The molecule has 0 bridgehead atoms. The number of benzene rings is 2. The lowest BCUT2D eigenvalue weighted by atomic mass is 10.1. The Kier molecular flexibility index (Phi) is 4.32. The first-order valence-electron chi connectivity index (χ1n) is 5.71. The molecule has 2 rings (SSSR count). The predicted molar refractivity (Wildman–Crippen MR) is 72.9 cm³/mol. The first-order valence-corrected chi connectivity index (χ1v) is 6.50. The van der Waals surface area contributed by atoms with Gasteiger partial charge in [-0.05, 0) is 51.8 Å². The first kappa shape index (κ1) is 14.8. The third-order valence-electron chi connectivity index (χ3n) is 2.67. The lowest BCUT2D eigenvalue weighted by Gasteiger charge is -2.11. The van der Waals surface area contributed by atoms with E-state index in [-0.39, 0.29) is 12.4 Å². The van der Waals surface area contributed by atoms with Gasteiger partial charge in [-0.2, -0.15) is 13.2 Å². The van der Waals surface area contributed by atoms with E-state index in [1.54, 1.807) is 6.07 Å². The molecule has 0 radical (unpaired) electrons. The Hall–Kier alpha value is -1.56. The largest absolute Gasteiger partial charge is 0.416 e. The van der Waals surface area contributed by atoms with E-state index in [1.807, 2.05) is 0 Å². The molecule has 0 unspecified atom stereocenters. The zero-order valence-electron chi connectivity index (χ0n) is 10.1. The molecule has 0 aromatic heterocycles. The summed E-state index contributed by atoms with van der Waals surface area (Å²) in [5.41, 5.74) is 0.426. The van der Waals surface area contributed by atoms with Crippen molar-refractivity contribution in [1.82, 2.24) is 0 Å². The molecule has 0 spiro atoms. The smallest absolute Gasteiger partial charge is 0.380 e. The van der Waals surface area contributed by atoms with Crippen LogP contribution < -0.4 is 5.32 Å². The molecule has 0 aliphatic rings. The summed E-state index contributed by atoms with van der Waals surface area (Å²) in [4.78, 5) is 0. The van der Waals surface area contributed by atoms with Crippen LogP contribution in [0.1, 0.15) is 11.1 Å². The van der Waals surface area contributed by atoms with E-state index < -0.39 is 11.7 Å². The number of hydrogen-bond donors (Lipinski definition) is 1. The van der Waals surface area contributed by atoms with Crippen LogP contribution in [0.4, 0.5) is 23.2 Å². The lowest BCUT2D eigenvalue weighted by molar-refractivity contribution is -0.137. The average molecular weight is 348 g/mol. The molecular formula is C14H10BrF4N. The Labute approximate surface area is 121 Å². The second kappa shape index (κ2) is 5.83. The molecule has 20 heavy (non-hydrogen) atoms. The molecule has 2 aromatic rings. The minimum atomic E-state index is -4.35. The number of nitrogens with one attached hydrogen (secondary N) is 1. The summed E-state index contributed by atoms with van der Waals surface area (Å²) >= 11 is 3.18. The number of alkyl halides is 3. The molecule has 1 N–H and O–H groups in total. The molecule has 0 aliphatic heterocycles. The number of hydrogen-bond acceptors (Lipinski definition) is 1. The normalized spacial score (nSPS) is 11.4. The van der Waals surface area contributed by atoms with Crippen LogP contribution in [0.15, 0.2) is 46.9 Å². The Balaban J connectivity index is 2.11. The first-order chi connectivity index (χ1) is 9.36. The van der Waals surface area contributed by atoms with Gasteiger partial charge in [0.1, 0.15) is 5.82 Å². The van der Waals surface area contributed by atoms with Crippen LogP contribution in [0.2, 0.25) is 0 Å². The van der Waals surface area contributed by atoms with Gasteiger partial charge in [0.15, 0.2) is 0 Å². The van der Waals surface area contributed by atoms with Crippen LogP contribution in [0.3, 0.4) is 0 Å². The molecule has 2 aromatic carbocycles. The van der Waals surface area contributed by atoms with Crippen molar-refractivity contribution in [2.45, 2.75) is 12.7 Å². The monoisotopic (exact) mass is 347 g/mol. The molecule has 0 heterocycles. The van der Waals surface area contributed by atoms with Gasteiger partial charge in [0.05, 0.1) is 5.56 Å². The van der Waals surface area contributed by atoms with Crippen LogP contribution in [-0.2, 0) is 12.7 Å². The van der Waals surface area contributed by atoms with Crippen molar-refractivity contribution >= 4 is 21.6 Å². The van der Waals surface area contributed by atoms with Crippen molar-refractivity contribution in [2.24, 2.45) is 0 Å². The van der Waals surface area contributed by atoms with Crippen molar-refractivity contribution in [2.75, 3.05) is 5.32 Å². The van der Waals surface area contributed by atoms with Crippen molar-refractivity contribution in [3.63, 3.8) is 0 Å². The molecule has 0 saturated carbocycles. The quantitative estimate of drug-likeness (QED) is 0.750. The number of halogens is 5. The third kappa shape index (κ3) is 3.72. The highest BCUT2D eigenvalue weighted by Crippen LogP contribution is 2.30. The van der Waals surface area contributed by atoms with Gasteiger partial charge in [-0.25, -0.2) is 4.39 Å². The van der Waals surface area contributed by atoms with Crippen molar-refractivity contribution < 1.29 is 17.6 Å². The third-order valence-corrected chi connectivity index (χ3v) is 3.32. The molecule has 1 nitrogen and oxygen atoms in total. The van der Waals surface area contributed by atoms with Crippen LogP contribution in [-0.4, -0.2) is 0 Å². The summed E-state index contributed by atoms with van der Waals surface area (Å²) in [5, 5.41) is 2.95. The highest BCUT2D eigenvalue weighted by molar-refractivity contribution is 9.10. The maximum absolute atomic E-state index is 12.9. The summed E-state index contributed by atoms with van der Waals surface area (Å²) in [7, 11) is 0. The standard InChI is InChI=1S/C14H10BrF4N/c15-12-7-11(16)4-5-13(12)20-8-9-2-1-3-10(6-9)14(17,18)19/h1-7,20H,8H2. The Morgan fingerprint density at radius 2 is 1.80 bits per heavy atom. The Morgan fingerprint density at radius 1 is 1.05 bits per heavy atom. The van der Waals surface area contributed by atoms with Crippen molar-refractivity contribution in [1.29, 1.82) is 0 Å². The Morgan fingerprint density at radius 3 is 2.45 bits per heavy atom. The van der Waals surface area contributed by atoms with E-state index in [2.05, 4.69) is 21.2 Å². The summed E-state index contributed by atoms with van der Waals surface area (Å²) in [6.45, 7) is 0.216. The second-order valence-corrected chi connectivity index (χ2v) is 5.03. The van der Waals surface area contributed by atoms with Crippen molar-refractivity contribution in [3.05, 3.63) is 63.9 Å². The van der Waals surface area contributed by atoms with Gasteiger partial charge < -0.3 is 5.32 Å². The molecular weight excluding hydrogens is 338 g/mol. The van der Waals surface area contributed by atoms with Gasteiger partial charge in [-0.3, -0.25) is 0 Å². The van der Waals surface area contributed by atoms with Crippen LogP contribution in [0.5, 0.6) is 0 Å². The second-order valence-electron chi connectivity index (χ2n) is 4.18. The van der Waals surface area contributed by atoms with E-state index in [4.69, 9.17) is 0 Å². The fraction of sp³-hybridized carbons (Fsp3) is 0.143. The summed E-state index contributed by atoms with van der Waals surface area (Å²) in [5.74, 6) is -0.388. The van der Waals surface area contributed by atoms with Crippen molar-refractivity contribution in [3.8, 4) is 0 Å². The van der Waals surface area contributed by atoms with Gasteiger partial charge >= 0.3 is 6.18 Å². The molecule has 0 aliphatic carbocycles. The summed E-state index contributed by atoms with van der Waals surface area (Å²) in [6.07, 6.45) is -4.35. The SMILES string of the molecule is Fc1ccc(NCc2cccc(C(F)(F)F)c2)c(Br)c1. The summed E-state index contributed by atoms with van der Waals surface area (Å²) in [6, 6.07) is 9.15. The van der Waals surface area contributed by atoms with Gasteiger partial charge in [0, 0.05) is 16.7 Å². The molecule has 0 atom stereocenters. The van der Waals surface area contributed by atoms with Crippen LogP contribution >= 0.6 is 15.9 Å². The minimum absolute atomic E-state index is 0.216. The Bertz CT molecular complexity index is 610. The fourth-order valence-corrected chi connectivity index (χ4v) is 2.18. The van der Waals surface area contributed by atoms with Gasteiger partial charge in [-0.15, -0.1) is 0 Å². The number of anilines is 1. The average Bonchev–Trinajstić information content (AvgIpc) is 2.37.